The topological polar surface area (TPSA) is 88.2 Å². The van der Waals surface area contributed by atoms with Crippen molar-refractivity contribution in [1.82, 2.24) is 15.0 Å². The molecule has 6 heteroatoms. The van der Waals surface area contributed by atoms with Gasteiger partial charge in [-0.3, -0.25) is 0 Å². The predicted molar refractivity (Wildman–Crippen MR) is 59.9 cm³/mol. The van der Waals surface area contributed by atoms with Gasteiger partial charge < -0.3 is 10.2 Å². The van der Waals surface area contributed by atoms with Crippen LogP contribution in [0, 0.1) is 0 Å². The van der Waals surface area contributed by atoms with E-state index < -0.39 is 12.1 Å². The molecule has 0 aromatic carbocycles. The number of aryl methyl sites for hydroxylation is 1. The number of aliphatic hydroxyl groups is 1. The third-order valence-electron chi connectivity index (χ3n) is 3.23. The van der Waals surface area contributed by atoms with Crippen LogP contribution < -0.4 is 0 Å². The third kappa shape index (κ3) is 2.46. The van der Waals surface area contributed by atoms with Gasteiger partial charge in [-0.2, -0.15) is 0 Å². The minimum atomic E-state index is -1.02. The van der Waals surface area contributed by atoms with Crippen LogP contribution in [0.5, 0.6) is 0 Å². The molecule has 1 atom stereocenters. The Morgan fingerprint density at radius 3 is 2.76 bits per heavy atom. The number of hydrogen-bond donors (Lipinski definition) is 2. The number of carboxylic acid groups (broad SMARTS) is 1. The lowest BCUT2D eigenvalue weighted by Gasteiger charge is -2.26. The molecule has 0 amide bonds. The summed E-state index contributed by atoms with van der Waals surface area (Å²) in [5, 5.41) is 25.9. The Hall–Kier alpha value is -1.43. The van der Waals surface area contributed by atoms with Crippen LogP contribution >= 0.6 is 0 Å². The Morgan fingerprint density at radius 2 is 2.29 bits per heavy atom. The van der Waals surface area contributed by atoms with Crippen molar-refractivity contribution >= 4 is 5.97 Å². The highest BCUT2D eigenvalue weighted by Crippen LogP contribution is 2.37. The molecule has 1 aromatic rings. The number of aromatic nitrogens is 3. The van der Waals surface area contributed by atoms with Crippen molar-refractivity contribution in [1.29, 1.82) is 0 Å². The van der Waals surface area contributed by atoms with Crippen LogP contribution in [0.25, 0.3) is 0 Å². The average molecular weight is 239 g/mol. The average Bonchev–Trinajstić information content (AvgIpc) is 2.56. The zero-order valence-electron chi connectivity index (χ0n) is 9.83. The van der Waals surface area contributed by atoms with Crippen LogP contribution in [-0.4, -0.2) is 37.3 Å². The lowest BCUT2D eigenvalue weighted by Crippen LogP contribution is -2.19. The number of nitrogens with zero attached hydrogens (tertiary/aromatic N) is 3. The van der Waals surface area contributed by atoms with E-state index in [4.69, 9.17) is 5.11 Å². The van der Waals surface area contributed by atoms with Crippen molar-refractivity contribution in [3.05, 3.63) is 11.4 Å². The molecule has 0 aliphatic heterocycles. The van der Waals surface area contributed by atoms with Crippen LogP contribution in [0.3, 0.4) is 0 Å². The molecule has 1 aliphatic carbocycles. The Balaban J connectivity index is 2.22. The highest BCUT2D eigenvalue weighted by atomic mass is 16.4. The summed E-state index contributed by atoms with van der Waals surface area (Å²) in [5.74, 6) is -0.750. The van der Waals surface area contributed by atoms with E-state index in [0.717, 1.165) is 25.0 Å². The third-order valence-corrected chi connectivity index (χ3v) is 3.23. The first kappa shape index (κ1) is 12.0. The number of carboxylic acids is 1. The van der Waals surface area contributed by atoms with E-state index in [2.05, 4.69) is 10.3 Å². The van der Waals surface area contributed by atoms with Crippen LogP contribution in [-0.2, 0) is 6.54 Å². The maximum atomic E-state index is 11.1. The van der Waals surface area contributed by atoms with Crippen LogP contribution in [0.2, 0.25) is 0 Å². The van der Waals surface area contributed by atoms with Gasteiger partial charge in [0.1, 0.15) is 0 Å². The molecule has 0 saturated heterocycles. The molecule has 2 rings (SSSR count). The van der Waals surface area contributed by atoms with Gasteiger partial charge >= 0.3 is 5.97 Å². The largest absolute Gasteiger partial charge is 0.476 e. The normalized spacial score (nSPS) is 17.8. The first-order chi connectivity index (χ1) is 8.09. The van der Waals surface area contributed by atoms with Crippen LogP contribution in [0.15, 0.2) is 0 Å². The minimum Gasteiger partial charge on any atom is -0.476 e. The number of aliphatic hydroxyl groups excluding tert-OH is 1. The Kier molecular flexibility index (Phi) is 3.42. The standard InChI is InChI=1S/C11H17N3O3/c1-7(15)5-6-14-10(8-3-2-4-8)9(11(16)17)12-13-14/h7-8,15H,2-6H2,1H3,(H,16,17). The molecule has 94 valence electrons. The van der Waals surface area contributed by atoms with Crippen molar-refractivity contribution in [2.45, 2.75) is 51.2 Å². The van der Waals surface area contributed by atoms with Crippen molar-refractivity contribution < 1.29 is 15.0 Å². The Morgan fingerprint density at radius 1 is 1.59 bits per heavy atom. The quantitative estimate of drug-likeness (QED) is 0.800. The molecule has 1 aliphatic rings. The first-order valence-electron chi connectivity index (χ1n) is 5.94. The van der Waals surface area contributed by atoms with E-state index in [9.17, 15) is 9.90 Å². The van der Waals surface area contributed by atoms with Gasteiger partial charge in [0.15, 0.2) is 5.69 Å². The Labute approximate surface area is 99.3 Å². The molecule has 2 N–H and O–H groups in total. The lowest BCUT2D eigenvalue weighted by molar-refractivity contribution is 0.0687. The molecule has 17 heavy (non-hydrogen) atoms. The van der Waals surface area contributed by atoms with E-state index in [-0.39, 0.29) is 11.6 Å². The van der Waals surface area contributed by atoms with Crippen LogP contribution in [0.1, 0.15) is 54.7 Å². The second kappa shape index (κ2) is 4.83. The maximum Gasteiger partial charge on any atom is 0.358 e. The molecule has 1 fully saturated rings. The minimum absolute atomic E-state index is 0.0697. The van der Waals surface area contributed by atoms with E-state index in [1.165, 1.54) is 0 Å². The van der Waals surface area contributed by atoms with Gasteiger partial charge in [0, 0.05) is 12.5 Å². The monoisotopic (exact) mass is 239 g/mol. The zero-order chi connectivity index (χ0) is 12.4. The fourth-order valence-electron chi connectivity index (χ4n) is 2.03. The van der Waals surface area contributed by atoms with Crippen molar-refractivity contribution in [2.75, 3.05) is 0 Å². The fraction of sp³-hybridized carbons (Fsp3) is 0.727. The molecule has 0 bridgehead atoms. The number of hydrogen-bond acceptors (Lipinski definition) is 4. The number of rotatable bonds is 5. The van der Waals surface area contributed by atoms with Crippen molar-refractivity contribution in [3.8, 4) is 0 Å². The molecular weight excluding hydrogens is 222 g/mol. The summed E-state index contributed by atoms with van der Waals surface area (Å²) >= 11 is 0. The highest BCUT2D eigenvalue weighted by molar-refractivity contribution is 5.86. The molecule has 1 aromatic heterocycles. The molecule has 6 nitrogen and oxygen atoms in total. The van der Waals surface area contributed by atoms with Gasteiger partial charge in [-0.25, -0.2) is 9.48 Å². The molecule has 0 radical (unpaired) electrons. The lowest BCUT2D eigenvalue weighted by atomic mass is 9.82. The van der Waals surface area contributed by atoms with E-state index in [1.54, 1.807) is 11.6 Å². The molecule has 0 spiro atoms. The highest BCUT2D eigenvalue weighted by Gasteiger charge is 2.30. The van der Waals surface area contributed by atoms with Gasteiger partial charge in [-0.05, 0) is 26.2 Å². The van der Waals surface area contributed by atoms with Gasteiger partial charge in [-0.1, -0.05) is 11.6 Å². The van der Waals surface area contributed by atoms with E-state index in [1.807, 2.05) is 0 Å². The number of carbonyl (C=O) groups is 1. The first-order valence-corrected chi connectivity index (χ1v) is 5.94. The fourth-order valence-corrected chi connectivity index (χ4v) is 2.03. The molecule has 1 unspecified atom stereocenters. The predicted octanol–water partition coefficient (Wildman–Crippen LogP) is 1.01. The summed E-state index contributed by atoms with van der Waals surface area (Å²) in [4.78, 5) is 11.1. The SMILES string of the molecule is CC(O)CCn1nnc(C(=O)O)c1C1CCC1. The smallest absolute Gasteiger partial charge is 0.358 e. The second-order valence-electron chi connectivity index (χ2n) is 4.62. The van der Waals surface area contributed by atoms with E-state index >= 15 is 0 Å². The summed E-state index contributed by atoms with van der Waals surface area (Å²) in [5.41, 5.74) is 0.796. The number of aromatic carboxylic acids is 1. The summed E-state index contributed by atoms with van der Waals surface area (Å²) < 4.78 is 1.64. The van der Waals surface area contributed by atoms with E-state index in [0.29, 0.717) is 13.0 Å². The van der Waals surface area contributed by atoms with Crippen LogP contribution in [0.4, 0.5) is 0 Å². The molecule has 1 saturated carbocycles. The van der Waals surface area contributed by atoms with Crippen molar-refractivity contribution in [3.63, 3.8) is 0 Å². The molecular formula is C11H17N3O3. The zero-order valence-corrected chi connectivity index (χ0v) is 9.83. The summed E-state index contributed by atoms with van der Waals surface area (Å²) in [6.45, 7) is 2.22. The maximum absolute atomic E-state index is 11.1. The summed E-state index contributed by atoms with van der Waals surface area (Å²) in [7, 11) is 0. The summed E-state index contributed by atoms with van der Waals surface area (Å²) in [6.07, 6.45) is 3.28. The second-order valence-corrected chi connectivity index (χ2v) is 4.62. The Bertz CT molecular complexity index is 410. The van der Waals surface area contributed by atoms with Crippen molar-refractivity contribution in [2.24, 2.45) is 0 Å². The van der Waals surface area contributed by atoms with Gasteiger partial charge in [0.05, 0.1) is 11.8 Å². The van der Waals surface area contributed by atoms with Gasteiger partial charge in [0.2, 0.25) is 0 Å². The van der Waals surface area contributed by atoms with Gasteiger partial charge in [0.25, 0.3) is 0 Å². The summed E-state index contributed by atoms with van der Waals surface area (Å²) in [6, 6.07) is 0. The van der Waals surface area contributed by atoms with Gasteiger partial charge in [-0.15, -0.1) is 5.10 Å². The molecule has 1 heterocycles.